The summed E-state index contributed by atoms with van der Waals surface area (Å²) >= 11 is 12.9. The van der Waals surface area contributed by atoms with E-state index in [1.807, 2.05) is 13.8 Å². The number of aliphatic hydroxyl groups excluding tert-OH is 1. The SMILES string of the molecule is CC(C)c1onc(-c2c(Cl)cccc2Cl)c1C(O)c1ccc2c(=O)c(-c3ccc(C(=O)O)cc3)coc2c1. The number of aromatic nitrogens is 1. The quantitative estimate of drug-likeness (QED) is 0.228. The lowest BCUT2D eigenvalue weighted by Gasteiger charge is -2.15. The molecule has 0 spiro atoms. The van der Waals surface area contributed by atoms with Gasteiger partial charge in [-0.1, -0.05) is 66.5 Å². The van der Waals surface area contributed by atoms with E-state index in [9.17, 15) is 14.7 Å². The minimum absolute atomic E-state index is 0.101. The Bertz CT molecular complexity index is 1720. The Hall–Kier alpha value is -3.91. The molecule has 0 saturated heterocycles. The second-order valence-electron chi connectivity index (χ2n) is 9.08. The summed E-state index contributed by atoms with van der Waals surface area (Å²) in [7, 11) is 0. The number of rotatable bonds is 6. The van der Waals surface area contributed by atoms with Crippen LogP contribution in [0.4, 0.5) is 0 Å². The third kappa shape index (κ3) is 4.49. The molecule has 0 amide bonds. The molecule has 1 atom stereocenters. The highest BCUT2D eigenvalue weighted by atomic mass is 35.5. The molecule has 5 aromatic rings. The Kier molecular flexibility index (Phi) is 6.84. The summed E-state index contributed by atoms with van der Waals surface area (Å²) in [6.07, 6.45) is 0.142. The highest BCUT2D eigenvalue weighted by Gasteiger charge is 2.29. The standard InChI is InChI=1S/C29H21Cl2NO6/c1-14(2)28-24(25(32-38-28)23-20(30)4-3-5-21(23)31)26(33)17-10-11-18-22(12-17)37-13-19(27(18)34)15-6-8-16(9-7-15)29(35)36/h3-14,26,33H,1-2H3,(H,35,36). The Morgan fingerprint density at radius 3 is 2.32 bits per heavy atom. The van der Waals surface area contributed by atoms with E-state index in [1.54, 1.807) is 48.5 Å². The van der Waals surface area contributed by atoms with E-state index in [2.05, 4.69) is 5.16 Å². The van der Waals surface area contributed by atoms with Crippen molar-refractivity contribution in [1.29, 1.82) is 0 Å². The summed E-state index contributed by atoms with van der Waals surface area (Å²) < 4.78 is 11.4. The summed E-state index contributed by atoms with van der Waals surface area (Å²) in [5.41, 5.74) is 2.58. The molecule has 2 heterocycles. The molecule has 0 aliphatic carbocycles. The number of hydrogen-bond donors (Lipinski definition) is 2. The van der Waals surface area contributed by atoms with Crippen molar-refractivity contribution in [1.82, 2.24) is 5.16 Å². The average molecular weight is 550 g/mol. The van der Waals surface area contributed by atoms with Gasteiger partial charge in [-0.2, -0.15) is 0 Å². The molecule has 0 aliphatic rings. The second-order valence-corrected chi connectivity index (χ2v) is 9.89. The number of fused-ring (bicyclic) bond motifs is 1. The van der Waals surface area contributed by atoms with Crippen LogP contribution in [0, 0.1) is 0 Å². The van der Waals surface area contributed by atoms with Gasteiger partial charge in [0.2, 0.25) is 0 Å². The number of nitrogens with zero attached hydrogens (tertiary/aromatic N) is 1. The van der Waals surface area contributed by atoms with Crippen LogP contribution < -0.4 is 5.43 Å². The number of benzene rings is 3. The monoisotopic (exact) mass is 549 g/mol. The van der Waals surface area contributed by atoms with Gasteiger partial charge in [-0.25, -0.2) is 4.79 Å². The fourth-order valence-electron chi connectivity index (χ4n) is 4.37. The zero-order valence-corrected chi connectivity index (χ0v) is 21.7. The molecule has 3 aromatic carbocycles. The first-order valence-electron chi connectivity index (χ1n) is 11.7. The first-order valence-corrected chi connectivity index (χ1v) is 12.4. The maximum absolute atomic E-state index is 13.2. The van der Waals surface area contributed by atoms with Crippen molar-refractivity contribution in [3.63, 3.8) is 0 Å². The van der Waals surface area contributed by atoms with Crippen LogP contribution in [0.1, 0.15) is 53.1 Å². The van der Waals surface area contributed by atoms with E-state index in [0.29, 0.717) is 54.7 Å². The molecule has 0 aliphatic heterocycles. The van der Waals surface area contributed by atoms with Gasteiger partial charge in [0, 0.05) is 11.5 Å². The molecule has 0 bridgehead atoms. The Morgan fingerprint density at radius 1 is 1.00 bits per heavy atom. The van der Waals surface area contributed by atoms with Crippen LogP contribution in [0.2, 0.25) is 10.0 Å². The van der Waals surface area contributed by atoms with Crippen molar-refractivity contribution in [3.8, 4) is 22.4 Å². The number of aliphatic hydroxyl groups is 1. The normalized spacial score (nSPS) is 12.3. The minimum atomic E-state index is -1.18. The number of hydrogen-bond acceptors (Lipinski definition) is 6. The van der Waals surface area contributed by atoms with Crippen LogP contribution in [-0.2, 0) is 0 Å². The lowest BCUT2D eigenvalue weighted by atomic mass is 9.92. The first kappa shape index (κ1) is 25.7. The van der Waals surface area contributed by atoms with E-state index in [0.717, 1.165) is 0 Å². The largest absolute Gasteiger partial charge is 0.478 e. The van der Waals surface area contributed by atoms with E-state index >= 15 is 0 Å². The zero-order valence-electron chi connectivity index (χ0n) is 20.2. The van der Waals surface area contributed by atoms with Crippen LogP contribution in [0.25, 0.3) is 33.4 Å². The molecule has 0 radical (unpaired) electrons. The number of carboxylic acid groups (broad SMARTS) is 1. The zero-order chi connectivity index (χ0) is 27.1. The van der Waals surface area contributed by atoms with E-state index in [4.69, 9.17) is 37.2 Å². The molecule has 2 aromatic heterocycles. The summed E-state index contributed by atoms with van der Waals surface area (Å²) in [4.78, 5) is 24.4. The maximum atomic E-state index is 13.2. The van der Waals surface area contributed by atoms with E-state index in [-0.39, 0.29) is 22.5 Å². The van der Waals surface area contributed by atoms with Crippen molar-refractivity contribution in [2.45, 2.75) is 25.9 Å². The maximum Gasteiger partial charge on any atom is 0.335 e. The Balaban J connectivity index is 1.59. The predicted octanol–water partition coefficient (Wildman–Crippen LogP) is 7.33. The van der Waals surface area contributed by atoms with Gasteiger partial charge in [-0.05, 0) is 47.5 Å². The molecule has 0 saturated carbocycles. The van der Waals surface area contributed by atoms with Gasteiger partial charge in [0.05, 0.1) is 32.1 Å². The molecule has 2 N–H and O–H groups in total. The summed E-state index contributed by atoms with van der Waals surface area (Å²) in [5, 5.41) is 25.9. The van der Waals surface area contributed by atoms with Crippen LogP contribution in [0.5, 0.6) is 0 Å². The molecule has 9 heteroatoms. The van der Waals surface area contributed by atoms with Gasteiger partial charge in [0.1, 0.15) is 29.4 Å². The van der Waals surface area contributed by atoms with Crippen molar-refractivity contribution in [2.75, 3.05) is 0 Å². The first-order chi connectivity index (χ1) is 18.2. The van der Waals surface area contributed by atoms with E-state index in [1.165, 1.54) is 18.4 Å². The van der Waals surface area contributed by atoms with Crippen molar-refractivity contribution in [2.24, 2.45) is 0 Å². The van der Waals surface area contributed by atoms with Gasteiger partial charge in [-0.3, -0.25) is 4.79 Å². The fraction of sp³-hybridized carbons (Fsp3) is 0.138. The molecule has 0 fully saturated rings. The van der Waals surface area contributed by atoms with Gasteiger partial charge in [0.15, 0.2) is 5.43 Å². The predicted molar refractivity (Wildman–Crippen MR) is 145 cm³/mol. The fourth-order valence-corrected chi connectivity index (χ4v) is 4.94. The van der Waals surface area contributed by atoms with Crippen molar-refractivity contribution >= 4 is 40.1 Å². The van der Waals surface area contributed by atoms with Gasteiger partial charge >= 0.3 is 5.97 Å². The summed E-state index contributed by atoms with van der Waals surface area (Å²) in [6.45, 7) is 3.83. The van der Waals surface area contributed by atoms with Crippen LogP contribution in [0.15, 0.2) is 80.7 Å². The lowest BCUT2D eigenvalue weighted by Crippen LogP contribution is -2.08. The number of carbonyl (C=O) groups is 1. The number of aromatic carboxylic acids is 1. The topological polar surface area (TPSA) is 114 Å². The van der Waals surface area contributed by atoms with Crippen LogP contribution in [0.3, 0.4) is 0 Å². The molecule has 192 valence electrons. The van der Waals surface area contributed by atoms with Gasteiger partial charge in [-0.15, -0.1) is 0 Å². The smallest absolute Gasteiger partial charge is 0.335 e. The van der Waals surface area contributed by atoms with Crippen molar-refractivity contribution < 1.29 is 23.9 Å². The highest BCUT2D eigenvalue weighted by molar-refractivity contribution is 6.39. The minimum Gasteiger partial charge on any atom is -0.478 e. The molecule has 1 unspecified atom stereocenters. The third-order valence-corrected chi connectivity index (χ3v) is 6.94. The molecular weight excluding hydrogens is 529 g/mol. The highest BCUT2D eigenvalue weighted by Crippen LogP contribution is 2.42. The summed E-state index contributed by atoms with van der Waals surface area (Å²) in [6, 6.07) is 15.8. The Labute approximate surface area is 226 Å². The van der Waals surface area contributed by atoms with Crippen LogP contribution >= 0.6 is 23.2 Å². The molecule has 5 rings (SSSR count). The molecule has 7 nitrogen and oxygen atoms in total. The van der Waals surface area contributed by atoms with Crippen LogP contribution in [-0.4, -0.2) is 21.3 Å². The molecule has 38 heavy (non-hydrogen) atoms. The van der Waals surface area contributed by atoms with Gasteiger partial charge < -0.3 is 19.2 Å². The average Bonchev–Trinajstić information content (AvgIpc) is 3.33. The Morgan fingerprint density at radius 2 is 1.68 bits per heavy atom. The van der Waals surface area contributed by atoms with Gasteiger partial charge in [0.25, 0.3) is 0 Å². The van der Waals surface area contributed by atoms with Crippen molar-refractivity contribution in [3.05, 3.63) is 110 Å². The molecular formula is C29H21Cl2NO6. The van der Waals surface area contributed by atoms with E-state index < -0.39 is 12.1 Å². The lowest BCUT2D eigenvalue weighted by molar-refractivity contribution is 0.0697. The third-order valence-electron chi connectivity index (χ3n) is 6.31. The summed E-state index contributed by atoms with van der Waals surface area (Å²) in [5.74, 6) is -0.678. The number of carboxylic acids is 1. The second kappa shape index (κ2) is 10.1. The number of halogens is 2.